The molecule has 1 saturated carbocycles. The van der Waals surface area contributed by atoms with Crippen molar-refractivity contribution < 1.29 is 4.79 Å². The number of benzene rings is 1. The van der Waals surface area contributed by atoms with E-state index in [1.54, 1.807) is 0 Å². The molecule has 2 N–H and O–H groups in total. The van der Waals surface area contributed by atoms with Crippen LogP contribution in [0.1, 0.15) is 56.6 Å². The van der Waals surface area contributed by atoms with Crippen LogP contribution in [-0.2, 0) is 17.9 Å². The Morgan fingerprint density at radius 2 is 1.81 bits per heavy atom. The highest BCUT2D eigenvalue weighted by molar-refractivity contribution is 5.80. The maximum atomic E-state index is 12.4. The smallest absolute Gasteiger partial charge is 0.223 e. The first kappa shape index (κ1) is 18.7. The number of nitrogens with zero attached hydrogens (tertiary/aromatic N) is 2. The molecule has 3 rings (SSSR count). The molecule has 1 aromatic rings. The molecule has 26 heavy (non-hydrogen) atoms. The number of rotatable bonds is 5. The van der Waals surface area contributed by atoms with Gasteiger partial charge in [-0.3, -0.25) is 9.79 Å². The summed E-state index contributed by atoms with van der Waals surface area (Å²) in [5, 5.41) is 6.88. The van der Waals surface area contributed by atoms with Crippen LogP contribution in [0.3, 0.4) is 0 Å². The first-order chi connectivity index (χ1) is 12.7. The van der Waals surface area contributed by atoms with Crippen LogP contribution >= 0.6 is 0 Å². The van der Waals surface area contributed by atoms with Gasteiger partial charge in [0.1, 0.15) is 0 Å². The van der Waals surface area contributed by atoms with Crippen LogP contribution in [-0.4, -0.2) is 36.4 Å². The normalized spacial score (nSPS) is 22.8. The van der Waals surface area contributed by atoms with Crippen molar-refractivity contribution in [3.05, 3.63) is 35.4 Å². The Labute approximate surface area is 157 Å². The minimum atomic E-state index is 0.243. The van der Waals surface area contributed by atoms with Crippen molar-refractivity contribution in [1.82, 2.24) is 15.5 Å². The molecule has 1 fully saturated rings. The lowest BCUT2D eigenvalue weighted by molar-refractivity contribution is -0.131. The Morgan fingerprint density at radius 1 is 1.15 bits per heavy atom. The molecule has 5 heteroatoms. The van der Waals surface area contributed by atoms with Crippen molar-refractivity contribution in [2.75, 3.05) is 13.6 Å². The van der Waals surface area contributed by atoms with Crippen molar-refractivity contribution in [3.8, 4) is 0 Å². The second-order valence-electron chi connectivity index (χ2n) is 7.72. The predicted octanol–water partition coefficient (Wildman–Crippen LogP) is 3.05. The Morgan fingerprint density at radius 3 is 2.42 bits per heavy atom. The van der Waals surface area contributed by atoms with Crippen molar-refractivity contribution in [1.29, 1.82) is 0 Å². The predicted molar refractivity (Wildman–Crippen MR) is 106 cm³/mol. The summed E-state index contributed by atoms with van der Waals surface area (Å²) in [6, 6.07) is 8.85. The SMILES string of the molecule is CN=C(NCCCC(=O)N1Cc2ccccc2C1)NC1CCC(C)CC1. The van der Waals surface area contributed by atoms with Crippen LogP contribution in [0, 0.1) is 5.92 Å². The van der Waals surface area contributed by atoms with Gasteiger partial charge >= 0.3 is 0 Å². The Balaban J connectivity index is 1.34. The standard InChI is InChI=1S/C21H32N4O/c1-16-9-11-19(12-10-16)24-21(22-2)23-13-5-8-20(26)25-14-17-6-3-4-7-18(17)15-25/h3-4,6-7,16,19H,5,8-15H2,1-2H3,(H2,22,23,24). The minimum Gasteiger partial charge on any atom is -0.356 e. The van der Waals surface area contributed by atoms with Crippen LogP contribution in [0.4, 0.5) is 0 Å². The van der Waals surface area contributed by atoms with E-state index in [0.29, 0.717) is 12.5 Å². The molecule has 0 aromatic heterocycles. The molecule has 2 aliphatic rings. The van der Waals surface area contributed by atoms with Crippen LogP contribution in [0.2, 0.25) is 0 Å². The van der Waals surface area contributed by atoms with E-state index in [-0.39, 0.29) is 5.91 Å². The summed E-state index contributed by atoms with van der Waals surface area (Å²) in [6.45, 7) is 4.62. The van der Waals surface area contributed by atoms with Crippen LogP contribution < -0.4 is 10.6 Å². The lowest BCUT2D eigenvalue weighted by Gasteiger charge is -2.28. The summed E-state index contributed by atoms with van der Waals surface area (Å²) in [6.07, 6.45) is 6.43. The summed E-state index contributed by atoms with van der Waals surface area (Å²) < 4.78 is 0. The second-order valence-corrected chi connectivity index (χ2v) is 7.72. The number of fused-ring (bicyclic) bond motifs is 1. The van der Waals surface area contributed by atoms with E-state index in [4.69, 9.17) is 0 Å². The number of guanidine groups is 1. The van der Waals surface area contributed by atoms with Crippen LogP contribution in [0.15, 0.2) is 29.3 Å². The van der Waals surface area contributed by atoms with E-state index in [9.17, 15) is 4.79 Å². The van der Waals surface area contributed by atoms with E-state index < -0.39 is 0 Å². The topological polar surface area (TPSA) is 56.7 Å². The molecule has 0 saturated heterocycles. The summed E-state index contributed by atoms with van der Waals surface area (Å²) in [5.41, 5.74) is 2.57. The first-order valence-corrected chi connectivity index (χ1v) is 9.97. The lowest BCUT2D eigenvalue weighted by atomic mass is 9.87. The Kier molecular flexibility index (Phi) is 6.53. The zero-order chi connectivity index (χ0) is 18.4. The number of nitrogens with one attached hydrogen (secondary N) is 2. The summed E-state index contributed by atoms with van der Waals surface area (Å²) in [4.78, 5) is 18.7. The molecule has 1 aliphatic heterocycles. The van der Waals surface area contributed by atoms with Gasteiger partial charge in [-0.1, -0.05) is 31.2 Å². The van der Waals surface area contributed by atoms with Gasteiger partial charge in [0.25, 0.3) is 0 Å². The number of hydrogen-bond acceptors (Lipinski definition) is 2. The molecule has 0 bridgehead atoms. The molecule has 5 nitrogen and oxygen atoms in total. The van der Waals surface area contributed by atoms with Crippen LogP contribution in [0.5, 0.6) is 0 Å². The molecule has 0 atom stereocenters. The number of hydrogen-bond donors (Lipinski definition) is 2. The number of amides is 1. The van der Waals surface area contributed by atoms with E-state index in [2.05, 4.69) is 34.7 Å². The van der Waals surface area contributed by atoms with Crippen molar-refractivity contribution in [2.45, 2.75) is 64.6 Å². The molecule has 0 unspecified atom stereocenters. The van der Waals surface area contributed by atoms with Gasteiger partial charge < -0.3 is 15.5 Å². The van der Waals surface area contributed by atoms with Crippen molar-refractivity contribution in [2.24, 2.45) is 10.9 Å². The third-order valence-corrected chi connectivity index (χ3v) is 5.63. The van der Waals surface area contributed by atoms with Gasteiger partial charge in [0.05, 0.1) is 0 Å². The maximum Gasteiger partial charge on any atom is 0.223 e. The summed E-state index contributed by atoms with van der Waals surface area (Å²) >= 11 is 0. The van der Waals surface area contributed by atoms with Gasteiger partial charge in [0, 0.05) is 39.1 Å². The van der Waals surface area contributed by atoms with Gasteiger partial charge in [0.2, 0.25) is 5.91 Å². The van der Waals surface area contributed by atoms with Gasteiger partial charge in [-0.2, -0.15) is 0 Å². The third-order valence-electron chi connectivity index (χ3n) is 5.63. The maximum absolute atomic E-state index is 12.4. The monoisotopic (exact) mass is 356 g/mol. The summed E-state index contributed by atoms with van der Waals surface area (Å²) in [5.74, 6) is 1.96. The molecule has 1 aliphatic carbocycles. The van der Waals surface area contributed by atoms with E-state index in [1.165, 1.54) is 36.8 Å². The zero-order valence-corrected chi connectivity index (χ0v) is 16.1. The van der Waals surface area contributed by atoms with E-state index in [0.717, 1.165) is 37.9 Å². The van der Waals surface area contributed by atoms with E-state index >= 15 is 0 Å². The quantitative estimate of drug-likeness (QED) is 0.484. The van der Waals surface area contributed by atoms with Gasteiger partial charge in [0.15, 0.2) is 5.96 Å². The van der Waals surface area contributed by atoms with Crippen molar-refractivity contribution in [3.63, 3.8) is 0 Å². The zero-order valence-electron chi connectivity index (χ0n) is 16.1. The fraction of sp³-hybridized carbons (Fsp3) is 0.619. The van der Waals surface area contributed by atoms with Gasteiger partial charge in [-0.25, -0.2) is 0 Å². The summed E-state index contributed by atoms with van der Waals surface area (Å²) in [7, 11) is 1.81. The average molecular weight is 357 g/mol. The Bertz CT molecular complexity index is 610. The van der Waals surface area contributed by atoms with Crippen LogP contribution in [0.25, 0.3) is 0 Å². The third kappa shape index (κ3) is 4.99. The largest absolute Gasteiger partial charge is 0.356 e. The fourth-order valence-corrected chi connectivity index (χ4v) is 3.91. The highest BCUT2D eigenvalue weighted by Gasteiger charge is 2.22. The van der Waals surface area contributed by atoms with Gasteiger partial charge in [-0.15, -0.1) is 0 Å². The Hall–Kier alpha value is -2.04. The second kappa shape index (κ2) is 9.06. The van der Waals surface area contributed by atoms with Gasteiger partial charge in [-0.05, 0) is 49.1 Å². The van der Waals surface area contributed by atoms with E-state index in [1.807, 2.05) is 24.1 Å². The number of aliphatic imine (C=N–C) groups is 1. The number of carbonyl (C=O) groups is 1. The first-order valence-electron chi connectivity index (χ1n) is 9.97. The molecule has 0 radical (unpaired) electrons. The molecule has 1 amide bonds. The fourth-order valence-electron chi connectivity index (χ4n) is 3.91. The molecule has 1 aromatic carbocycles. The minimum absolute atomic E-state index is 0.243. The molecular weight excluding hydrogens is 324 g/mol. The molecule has 0 spiro atoms. The highest BCUT2D eigenvalue weighted by atomic mass is 16.2. The van der Waals surface area contributed by atoms with Crippen molar-refractivity contribution >= 4 is 11.9 Å². The lowest BCUT2D eigenvalue weighted by Crippen LogP contribution is -2.45. The molecule has 142 valence electrons. The highest BCUT2D eigenvalue weighted by Crippen LogP contribution is 2.24. The number of carbonyl (C=O) groups excluding carboxylic acids is 1. The average Bonchev–Trinajstić information content (AvgIpc) is 3.10. The molecule has 1 heterocycles. The molecular formula is C21H32N4O.